The molecule has 2 aromatic rings. The summed E-state index contributed by atoms with van der Waals surface area (Å²) in [7, 11) is 0. The Labute approximate surface area is 111 Å². The van der Waals surface area contributed by atoms with E-state index in [1.165, 1.54) is 0 Å². The molecule has 2 aromatic heterocycles. The van der Waals surface area contributed by atoms with Gasteiger partial charge in [-0.25, -0.2) is 15.0 Å². The van der Waals surface area contributed by atoms with Crippen molar-refractivity contribution in [2.75, 3.05) is 0 Å². The van der Waals surface area contributed by atoms with Gasteiger partial charge in [0.15, 0.2) is 10.8 Å². The van der Waals surface area contributed by atoms with E-state index in [-0.39, 0.29) is 5.41 Å². The van der Waals surface area contributed by atoms with E-state index < -0.39 is 0 Å². The van der Waals surface area contributed by atoms with Crippen molar-refractivity contribution in [3.8, 4) is 10.8 Å². The Bertz CT molecular complexity index is 537. The summed E-state index contributed by atoms with van der Waals surface area (Å²) in [6.45, 7) is 8.90. The smallest absolute Gasteiger partial charge is 0.188 e. The molecule has 0 saturated carbocycles. The van der Waals surface area contributed by atoms with Crippen molar-refractivity contribution in [2.45, 2.75) is 39.7 Å². The van der Waals surface area contributed by atoms with Gasteiger partial charge in [-0.2, -0.15) is 0 Å². The molecule has 2 rings (SSSR count). The summed E-state index contributed by atoms with van der Waals surface area (Å²) in [5, 5.41) is 0.848. The predicted octanol–water partition coefficient (Wildman–Crippen LogP) is 2.66. The highest BCUT2D eigenvalue weighted by atomic mass is 32.1. The Balaban J connectivity index is 2.47. The average Bonchev–Trinajstić information content (AvgIpc) is 2.73. The van der Waals surface area contributed by atoms with Crippen LogP contribution in [-0.4, -0.2) is 15.0 Å². The lowest BCUT2D eigenvalue weighted by Gasteiger charge is -2.16. The molecule has 0 atom stereocenters. The van der Waals surface area contributed by atoms with Crippen molar-refractivity contribution < 1.29 is 0 Å². The molecule has 5 heteroatoms. The Morgan fingerprint density at radius 2 is 1.83 bits per heavy atom. The zero-order valence-corrected chi connectivity index (χ0v) is 12.0. The first-order valence-corrected chi connectivity index (χ1v) is 6.72. The van der Waals surface area contributed by atoms with Gasteiger partial charge in [0.1, 0.15) is 0 Å². The van der Waals surface area contributed by atoms with Crippen LogP contribution in [0.25, 0.3) is 10.8 Å². The fourth-order valence-corrected chi connectivity index (χ4v) is 2.77. The normalized spacial score (nSPS) is 11.8. The van der Waals surface area contributed by atoms with Gasteiger partial charge in [-0.05, 0) is 12.5 Å². The van der Waals surface area contributed by atoms with Gasteiger partial charge in [-0.1, -0.05) is 20.8 Å². The fraction of sp³-hybridized carbons (Fsp3) is 0.462. The lowest BCUT2D eigenvalue weighted by Crippen LogP contribution is -2.15. The quantitative estimate of drug-likeness (QED) is 0.903. The zero-order valence-electron chi connectivity index (χ0n) is 11.2. The van der Waals surface area contributed by atoms with E-state index in [0.29, 0.717) is 12.4 Å². The van der Waals surface area contributed by atoms with Crippen LogP contribution in [0.2, 0.25) is 0 Å². The van der Waals surface area contributed by atoms with Crippen molar-refractivity contribution in [1.82, 2.24) is 15.0 Å². The van der Waals surface area contributed by atoms with Crippen LogP contribution in [-0.2, 0) is 12.0 Å². The summed E-state index contributed by atoms with van der Waals surface area (Å²) >= 11 is 1.58. The van der Waals surface area contributed by atoms with Gasteiger partial charge in [0.2, 0.25) is 0 Å². The van der Waals surface area contributed by atoms with Gasteiger partial charge in [0.25, 0.3) is 0 Å². The molecule has 4 nitrogen and oxygen atoms in total. The summed E-state index contributed by atoms with van der Waals surface area (Å²) in [6, 6.07) is 0. The van der Waals surface area contributed by atoms with E-state index in [0.717, 1.165) is 21.1 Å². The maximum Gasteiger partial charge on any atom is 0.188 e. The van der Waals surface area contributed by atoms with E-state index in [9.17, 15) is 0 Å². The number of aryl methyl sites for hydroxylation is 1. The van der Waals surface area contributed by atoms with E-state index in [2.05, 4.69) is 35.7 Å². The van der Waals surface area contributed by atoms with Crippen molar-refractivity contribution in [1.29, 1.82) is 0 Å². The van der Waals surface area contributed by atoms with Gasteiger partial charge in [0, 0.05) is 29.2 Å². The van der Waals surface area contributed by atoms with Crippen LogP contribution >= 0.6 is 11.3 Å². The molecule has 0 saturated heterocycles. The molecule has 0 amide bonds. The van der Waals surface area contributed by atoms with E-state index in [1.807, 2.05) is 19.3 Å². The van der Waals surface area contributed by atoms with Gasteiger partial charge in [-0.15, -0.1) is 11.3 Å². The molecular weight excluding hydrogens is 244 g/mol. The molecular formula is C13H18N4S. The Morgan fingerprint density at radius 1 is 1.22 bits per heavy atom. The van der Waals surface area contributed by atoms with Crippen LogP contribution in [0.4, 0.5) is 0 Å². The molecule has 0 bridgehead atoms. The first-order valence-electron chi connectivity index (χ1n) is 5.91. The third-order valence-corrected chi connectivity index (χ3v) is 3.64. The van der Waals surface area contributed by atoms with E-state index in [1.54, 1.807) is 11.3 Å². The number of rotatable bonds is 2. The Hall–Kier alpha value is -1.33. The monoisotopic (exact) mass is 262 g/mol. The number of hydrogen-bond acceptors (Lipinski definition) is 5. The molecule has 0 aliphatic heterocycles. The highest BCUT2D eigenvalue weighted by Gasteiger charge is 2.23. The molecule has 2 N–H and O–H groups in total. The van der Waals surface area contributed by atoms with Crippen molar-refractivity contribution in [3.05, 3.63) is 28.5 Å². The second-order valence-electron chi connectivity index (χ2n) is 5.33. The summed E-state index contributed by atoms with van der Waals surface area (Å²) in [5.74, 6) is 0.677. The third kappa shape index (κ3) is 2.57. The Morgan fingerprint density at radius 3 is 2.28 bits per heavy atom. The van der Waals surface area contributed by atoms with Gasteiger partial charge >= 0.3 is 0 Å². The van der Waals surface area contributed by atoms with Crippen molar-refractivity contribution >= 4 is 11.3 Å². The molecule has 0 unspecified atom stereocenters. The van der Waals surface area contributed by atoms with Gasteiger partial charge in [-0.3, -0.25) is 0 Å². The number of nitrogens with zero attached hydrogens (tertiary/aromatic N) is 3. The second-order valence-corrected chi connectivity index (χ2v) is 6.41. The second kappa shape index (κ2) is 4.74. The van der Waals surface area contributed by atoms with Crippen LogP contribution in [0, 0.1) is 6.92 Å². The first kappa shape index (κ1) is 13.1. The first-order chi connectivity index (χ1) is 8.41. The zero-order chi connectivity index (χ0) is 13.3. The number of aromatic nitrogens is 3. The maximum absolute atomic E-state index is 5.79. The van der Waals surface area contributed by atoms with E-state index >= 15 is 0 Å². The highest BCUT2D eigenvalue weighted by molar-refractivity contribution is 7.15. The lowest BCUT2D eigenvalue weighted by atomic mass is 9.91. The summed E-state index contributed by atoms with van der Waals surface area (Å²) < 4.78 is 0. The van der Waals surface area contributed by atoms with Crippen molar-refractivity contribution in [3.63, 3.8) is 0 Å². The largest absolute Gasteiger partial charge is 0.326 e. The molecule has 0 fully saturated rings. The maximum atomic E-state index is 5.79. The van der Waals surface area contributed by atoms with E-state index in [4.69, 9.17) is 5.73 Å². The third-order valence-electron chi connectivity index (χ3n) is 2.57. The van der Waals surface area contributed by atoms with Crippen LogP contribution in [0.1, 0.15) is 36.9 Å². The lowest BCUT2D eigenvalue weighted by molar-refractivity contribution is 0.567. The molecule has 0 aromatic carbocycles. The van der Waals surface area contributed by atoms with Crippen LogP contribution in [0.5, 0.6) is 0 Å². The SMILES string of the molecule is Cc1cnc(-c2nc(C(C)(C)C)c(CN)s2)nc1. The minimum atomic E-state index is -0.00580. The number of nitrogens with two attached hydrogens (primary N) is 1. The highest BCUT2D eigenvalue weighted by Crippen LogP contribution is 2.32. The summed E-state index contributed by atoms with van der Waals surface area (Å²) in [6.07, 6.45) is 3.62. The molecule has 18 heavy (non-hydrogen) atoms. The minimum Gasteiger partial charge on any atom is -0.326 e. The van der Waals surface area contributed by atoms with Crippen molar-refractivity contribution in [2.24, 2.45) is 5.73 Å². The number of thiazole rings is 1. The molecule has 0 aliphatic carbocycles. The number of hydrogen-bond donors (Lipinski definition) is 1. The van der Waals surface area contributed by atoms with Crippen LogP contribution < -0.4 is 5.73 Å². The average molecular weight is 262 g/mol. The predicted molar refractivity (Wildman–Crippen MR) is 74.5 cm³/mol. The van der Waals surface area contributed by atoms with Gasteiger partial charge < -0.3 is 5.73 Å². The Kier molecular flexibility index (Phi) is 3.45. The molecule has 2 heterocycles. The topological polar surface area (TPSA) is 64.7 Å². The van der Waals surface area contributed by atoms with Gasteiger partial charge in [0.05, 0.1) is 5.69 Å². The molecule has 0 spiro atoms. The standard InChI is InChI=1S/C13H18N4S/c1-8-6-15-11(16-7-8)12-17-10(13(2,3)4)9(5-14)18-12/h6-7H,5,14H2,1-4H3. The summed E-state index contributed by atoms with van der Waals surface area (Å²) in [4.78, 5) is 14.4. The fourth-order valence-electron chi connectivity index (χ4n) is 1.67. The van der Waals surface area contributed by atoms with Crippen LogP contribution in [0.3, 0.4) is 0 Å². The molecule has 0 aliphatic rings. The minimum absolute atomic E-state index is 0.00580. The summed E-state index contributed by atoms with van der Waals surface area (Å²) in [5.41, 5.74) is 7.88. The molecule has 0 radical (unpaired) electrons. The molecule has 96 valence electrons. The van der Waals surface area contributed by atoms with Crippen LogP contribution in [0.15, 0.2) is 12.4 Å².